The summed E-state index contributed by atoms with van der Waals surface area (Å²) < 4.78 is 10.8. The molecular weight excluding hydrogens is 476 g/mol. The molecule has 0 unspecified atom stereocenters. The van der Waals surface area contributed by atoms with E-state index < -0.39 is 36.2 Å². The Balaban J connectivity index is 1.78. The van der Waals surface area contributed by atoms with Crippen LogP contribution in [0.15, 0.2) is 48.5 Å². The Morgan fingerprint density at radius 1 is 1.03 bits per heavy atom. The Labute approximate surface area is 216 Å². The van der Waals surface area contributed by atoms with Crippen molar-refractivity contribution in [2.45, 2.75) is 65.6 Å². The van der Waals surface area contributed by atoms with Crippen LogP contribution in [-0.4, -0.2) is 46.7 Å². The number of urea groups is 1. The summed E-state index contributed by atoms with van der Waals surface area (Å²) in [4.78, 5) is 50.4. The largest absolute Gasteiger partial charge is 0.479 e. The number of rotatable bonds is 11. The zero-order valence-corrected chi connectivity index (χ0v) is 21.7. The number of nitrogens with one attached hydrogen (secondary N) is 1. The SMILES string of the molecule is CCC[C@H](NC(=O)N1C(=O)C(CC)(CC)[C@@H]1Oc1ccc(C(=O)OCC(=O)O)cc1)c1ccc(C)cc1. The van der Waals surface area contributed by atoms with Gasteiger partial charge in [0.1, 0.15) is 11.2 Å². The summed E-state index contributed by atoms with van der Waals surface area (Å²) in [6, 6.07) is 13.1. The lowest BCUT2D eigenvalue weighted by Gasteiger charge is -2.53. The fourth-order valence-corrected chi connectivity index (χ4v) is 4.54. The third kappa shape index (κ3) is 5.93. The number of ether oxygens (including phenoxy) is 2. The first-order valence-corrected chi connectivity index (χ1v) is 12.5. The molecule has 0 saturated carbocycles. The molecule has 1 saturated heterocycles. The number of benzene rings is 2. The summed E-state index contributed by atoms with van der Waals surface area (Å²) in [7, 11) is 0. The number of β-lactam (4-membered cyclic amide) rings is 1. The molecule has 9 heteroatoms. The standard InChI is InChI=1S/C28H34N2O7/c1-5-8-22(19-11-9-18(4)10-12-19)29-27(35)30-25(34)28(6-2,7-3)26(30)37-21-15-13-20(14-16-21)24(33)36-17-23(31)32/h9-16,22,26H,5-8,17H2,1-4H3,(H,29,35)(H,31,32)/t22-,26-/m0/s1. The number of likely N-dealkylation sites (tertiary alicyclic amines) is 1. The van der Waals surface area contributed by atoms with E-state index in [1.807, 2.05) is 52.0 Å². The zero-order chi connectivity index (χ0) is 27.2. The number of esters is 1. The molecule has 0 radical (unpaired) electrons. The monoisotopic (exact) mass is 510 g/mol. The van der Waals surface area contributed by atoms with E-state index in [2.05, 4.69) is 10.1 Å². The second-order valence-corrected chi connectivity index (χ2v) is 9.20. The van der Waals surface area contributed by atoms with Crippen molar-refractivity contribution < 1.29 is 33.8 Å². The van der Waals surface area contributed by atoms with Gasteiger partial charge in [0.2, 0.25) is 5.91 Å². The Hall–Kier alpha value is -3.88. The fraction of sp³-hybridized carbons (Fsp3) is 0.429. The smallest absolute Gasteiger partial charge is 0.341 e. The highest BCUT2D eigenvalue weighted by Crippen LogP contribution is 2.46. The number of carboxylic acid groups (broad SMARTS) is 1. The molecule has 3 amide bonds. The van der Waals surface area contributed by atoms with E-state index in [0.29, 0.717) is 25.0 Å². The van der Waals surface area contributed by atoms with Gasteiger partial charge in [-0.1, -0.05) is 57.0 Å². The first kappa shape index (κ1) is 27.7. The summed E-state index contributed by atoms with van der Waals surface area (Å²) >= 11 is 0. The summed E-state index contributed by atoms with van der Waals surface area (Å²) in [5.74, 6) is -1.95. The molecular formula is C28H34N2O7. The van der Waals surface area contributed by atoms with Gasteiger partial charge in [0, 0.05) is 0 Å². The maximum absolute atomic E-state index is 13.4. The number of hydrogen-bond acceptors (Lipinski definition) is 6. The molecule has 2 atom stereocenters. The first-order valence-electron chi connectivity index (χ1n) is 12.5. The number of aryl methyl sites for hydroxylation is 1. The minimum atomic E-state index is -1.25. The van der Waals surface area contributed by atoms with Gasteiger partial charge in [-0.25, -0.2) is 19.3 Å². The van der Waals surface area contributed by atoms with Crippen LogP contribution < -0.4 is 10.1 Å². The van der Waals surface area contributed by atoms with E-state index in [1.54, 1.807) is 0 Å². The second-order valence-electron chi connectivity index (χ2n) is 9.20. The van der Waals surface area contributed by atoms with Gasteiger partial charge in [0.25, 0.3) is 0 Å². The fourth-order valence-electron chi connectivity index (χ4n) is 4.54. The van der Waals surface area contributed by atoms with Crippen LogP contribution in [0.3, 0.4) is 0 Å². The van der Waals surface area contributed by atoms with Crippen LogP contribution in [0.1, 0.15) is 74.0 Å². The van der Waals surface area contributed by atoms with Gasteiger partial charge in [0.15, 0.2) is 12.8 Å². The summed E-state index contributed by atoms with van der Waals surface area (Å²) in [5, 5.41) is 11.7. The summed E-state index contributed by atoms with van der Waals surface area (Å²) in [6.07, 6.45) is 1.73. The zero-order valence-electron chi connectivity index (χ0n) is 21.7. The lowest BCUT2D eigenvalue weighted by molar-refractivity contribution is -0.191. The molecule has 37 heavy (non-hydrogen) atoms. The minimum Gasteiger partial charge on any atom is -0.479 e. The molecule has 2 aromatic rings. The Bertz CT molecular complexity index is 1120. The predicted molar refractivity (Wildman–Crippen MR) is 136 cm³/mol. The van der Waals surface area contributed by atoms with Crippen LogP contribution in [0.5, 0.6) is 5.75 Å². The van der Waals surface area contributed by atoms with Crippen molar-refractivity contribution in [3.63, 3.8) is 0 Å². The highest BCUT2D eigenvalue weighted by atomic mass is 16.5. The number of imide groups is 1. The maximum atomic E-state index is 13.4. The van der Waals surface area contributed by atoms with Gasteiger partial charge < -0.3 is 19.9 Å². The Morgan fingerprint density at radius 3 is 2.19 bits per heavy atom. The van der Waals surface area contributed by atoms with E-state index in [-0.39, 0.29) is 17.5 Å². The number of amides is 3. The molecule has 2 N–H and O–H groups in total. The third-order valence-electron chi connectivity index (χ3n) is 6.85. The molecule has 3 rings (SSSR count). The van der Waals surface area contributed by atoms with Crippen molar-refractivity contribution in [1.82, 2.24) is 10.2 Å². The van der Waals surface area contributed by atoms with Crippen LogP contribution >= 0.6 is 0 Å². The van der Waals surface area contributed by atoms with Crippen molar-refractivity contribution in [1.29, 1.82) is 0 Å². The molecule has 1 heterocycles. The molecule has 0 spiro atoms. The molecule has 198 valence electrons. The number of carboxylic acids is 1. The van der Waals surface area contributed by atoms with E-state index >= 15 is 0 Å². The predicted octanol–water partition coefficient (Wildman–Crippen LogP) is 4.84. The van der Waals surface area contributed by atoms with E-state index in [4.69, 9.17) is 9.84 Å². The van der Waals surface area contributed by atoms with E-state index in [0.717, 1.165) is 22.4 Å². The highest BCUT2D eigenvalue weighted by molar-refractivity contribution is 6.03. The number of aliphatic carboxylic acids is 1. The Kier molecular flexibility index (Phi) is 8.91. The average molecular weight is 511 g/mol. The average Bonchev–Trinajstić information content (AvgIpc) is 2.88. The summed E-state index contributed by atoms with van der Waals surface area (Å²) in [5.41, 5.74) is 1.40. The van der Waals surface area contributed by atoms with Crippen molar-refractivity contribution >= 4 is 23.9 Å². The van der Waals surface area contributed by atoms with Gasteiger partial charge in [-0.15, -0.1) is 0 Å². The van der Waals surface area contributed by atoms with Crippen molar-refractivity contribution in [3.8, 4) is 5.75 Å². The second kappa shape index (κ2) is 11.9. The number of carbonyl (C=O) groups excluding carboxylic acids is 3. The summed E-state index contributed by atoms with van der Waals surface area (Å²) in [6.45, 7) is 7.08. The molecule has 0 aromatic heterocycles. The first-order chi connectivity index (χ1) is 17.7. The maximum Gasteiger partial charge on any atom is 0.341 e. The van der Waals surface area contributed by atoms with E-state index in [9.17, 15) is 19.2 Å². The van der Waals surface area contributed by atoms with Gasteiger partial charge in [0.05, 0.1) is 11.6 Å². The van der Waals surface area contributed by atoms with E-state index in [1.165, 1.54) is 24.3 Å². The van der Waals surface area contributed by atoms with Crippen LogP contribution in [0.25, 0.3) is 0 Å². The molecule has 1 aliphatic heterocycles. The highest BCUT2D eigenvalue weighted by Gasteiger charge is 2.63. The minimum absolute atomic E-state index is 0.158. The Morgan fingerprint density at radius 2 is 1.65 bits per heavy atom. The van der Waals surface area contributed by atoms with Gasteiger partial charge in [-0.05, 0) is 56.0 Å². The van der Waals surface area contributed by atoms with Crippen molar-refractivity contribution in [2.24, 2.45) is 5.41 Å². The van der Waals surface area contributed by atoms with Gasteiger partial charge in [-0.3, -0.25) is 4.79 Å². The van der Waals surface area contributed by atoms with Crippen LogP contribution in [-0.2, 0) is 14.3 Å². The molecule has 9 nitrogen and oxygen atoms in total. The lowest BCUT2D eigenvalue weighted by Crippen LogP contribution is -2.73. The van der Waals surface area contributed by atoms with Crippen molar-refractivity contribution in [2.75, 3.05) is 6.61 Å². The van der Waals surface area contributed by atoms with Crippen molar-refractivity contribution in [3.05, 3.63) is 65.2 Å². The van der Waals surface area contributed by atoms with Crippen LogP contribution in [0.2, 0.25) is 0 Å². The number of hydrogen-bond donors (Lipinski definition) is 2. The normalized spacial score (nSPS) is 16.9. The molecule has 2 aromatic carbocycles. The van der Waals surface area contributed by atoms with Gasteiger partial charge in [-0.2, -0.15) is 0 Å². The lowest BCUT2D eigenvalue weighted by atomic mass is 9.72. The van der Waals surface area contributed by atoms with Crippen LogP contribution in [0.4, 0.5) is 4.79 Å². The number of nitrogens with zero attached hydrogens (tertiary/aromatic N) is 1. The molecule has 0 bridgehead atoms. The number of carbonyl (C=O) groups is 4. The van der Waals surface area contributed by atoms with Crippen LogP contribution in [0, 0.1) is 12.3 Å². The quantitative estimate of drug-likeness (QED) is 0.328. The third-order valence-corrected chi connectivity index (χ3v) is 6.85. The molecule has 1 aliphatic rings. The molecule has 0 aliphatic carbocycles. The molecule has 1 fully saturated rings. The van der Waals surface area contributed by atoms with Gasteiger partial charge >= 0.3 is 18.0 Å². The topological polar surface area (TPSA) is 122 Å².